The number of benzene rings is 1. The molecule has 2 aliphatic heterocycles. The zero-order chi connectivity index (χ0) is 14.7. The monoisotopic (exact) mass is 288 g/mol. The summed E-state index contributed by atoms with van der Waals surface area (Å²) in [4.78, 5) is 16.8. The van der Waals surface area contributed by atoms with Gasteiger partial charge in [0.2, 0.25) is 0 Å². The van der Waals surface area contributed by atoms with Crippen LogP contribution >= 0.6 is 0 Å². The van der Waals surface area contributed by atoms with Gasteiger partial charge in [-0.05, 0) is 25.3 Å². The molecule has 21 heavy (non-hydrogen) atoms. The number of carbonyl (C=O) groups excluding carboxylic acids is 1. The van der Waals surface area contributed by atoms with Crippen LogP contribution in [0.3, 0.4) is 0 Å². The van der Waals surface area contributed by atoms with Gasteiger partial charge < -0.3 is 9.64 Å². The van der Waals surface area contributed by atoms with Crippen molar-refractivity contribution < 1.29 is 9.53 Å². The highest BCUT2D eigenvalue weighted by molar-refractivity contribution is 5.81. The standard InChI is InChI=1S/C17H24N2O2/c1-14(15-6-3-2-4-7-15)18-9-11-19(12-10-18)17(20)16-8-5-13-21-16/h2-4,6-7,14,16H,5,8-13H2,1H3. The minimum atomic E-state index is -0.178. The van der Waals surface area contributed by atoms with E-state index in [0.717, 1.165) is 45.6 Å². The highest BCUT2D eigenvalue weighted by Gasteiger charge is 2.31. The Morgan fingerprint density at radius 1 is 1.19 bits per heavy atom. The van der Waals surface area contributed by atoms with Crippen molar-refractivity contribution >= 4 is 5.91 Å². The molecule has 0 saturated carbocycles. The number of hydrogen-bond acceptors (Lipinski definition) is 3. The van der Waals surface area contributed by atoms with Crippen LogP contribution < -0.4 is 0 Å². The van der Waals surface area contributed by atoms with Crippen molar-refractivity contribution in [1.82, 2.24) is 9.80 Å². The van der Waals surface area contributed by atoms with Gasteiger partial charge in [0, 0.05) is 38.8 Å². The number of carbonyl (C=O) groups is 1. The Hall–Kier alpha value is -1.39. The first-order valence-electron chi connectivity index (χ1n) is 7.95. The largest absolute Gasteiger partial charge is 0.368 e. The van der Waals surface area contributed by atoms with Crippen LogP contribution in [-0.2, 0) is 9.53 Å². The lowest BCUT2D eigenvalue weighted by Gasteiger charge is -2.38. The molecule has 0 aromatic heterocycles. The summed E-state index contributed by atoms with van der Waals surface area (Å²) in [5.41, 5.74) is 1.34. The number of hydrogen-bond donors (Lipinski definition) is 0. The Balaban J connectivity index is 1.54. The predicted octanol–water partition coefficient (Wildman–Crippen LogP) is 2.07. The summed E-state index contributed by atoms with van der Waals surface area (Å²) in [7, 11) is 0. The highest BCUT2D eigenvalue weighted by atomic mass is 16.5. The molecule has 4 nitrogen and oxygen atoms in total. The summed E-state index contributed by atoms with van der Waals surface area (Å²) in [5, 5.41) is 0. The molecule has 0 radical (unpaired) electrons. The third-order valence-electron chi connectivity index (χ3n) is 4.66. The molecule has 0 spiro atoms. The molecule has 0 N–H and O–H groups in total. The van der Waals surface area contributed by atoms with E-state index in [1.54, 1.807) is 0 Å². The molecule has 2 saturated heterocycles. The van der Waals surface area contributed by atoms with Crippen LogP contribution in [0.1, 0.15) is 31.4 Å². The molecule has 1 aromatic carbocycles. The number of ether oxygens (including phenoxy) is 1. The average Bonchev–Trinajstić information content (AvgIpc) is 3.09. The fourth-order valence-corrected chi connectivity index (χ4v) is 3.25. The Labute approximate surface area is 126 Å². The second-order valence-electron chi connectivity index (χ2n) is 5.95. The molecule has 0 bridgehead atoms. The van der Waals surface area contributed by atoms with Crippen LogP contribution in [0, 0.1) is 0 Å². The fraction of sp³-hybridized carbons (Fsp3) is 0.588. The summed E-state index contributed by atoms with van der Waals surface area (Å²) in [5.74, 6) is 0.194. The van der Waals surface area contributed by atoms with E-state index >= 15 is 0 Å². The van der Waals surface area contributed by atoms with Crippen molar-refractivity contribution in [3.63, 3.8) is 0 Å². The molecule has 2 heterocycles. The van der Waals surface area contributed by atoms with E-state index in [4.69, 9.17) is 4.74 Å². The molecule has 2 aliphatic rings. The zero-order valence-corrected chi connectivity index (χ0v) is 12.7. The van der Waals surface area contributed by atoms with Crippen molar-refractivity contribution in [1.29, 1.82) is 0 Å². The molecule has 2 unspecified atom stereocenters. The molecule has 3 rings (SSSR count). The van der Waals surface area contributed by atoms with Gasteiger partial charge >= 0.3 is 0 Å². The second-order valence-corrected chi connectivity index (χ2v) is 5.95. The number of rotatable bonds is 3. The third kappa shape index (κ3) is 3.27. The average molecular weight is 288 g/mol. The molecular formula is C17H24N2O2. The van der Waals surface area contributed by atoms with Crippen molar-refractivity contribution in [3.8, 4) is 0 Å². The number of nitrogens with zero attached hydrogens (tertiary/aromatic N) is 2. The summed E-state index contributed by atoms with van der Waals surface area (Å²) in [6.45, 7) is 6.49. The van der Waals surface area contributed by atoms with Crippen molar-refractivity contribution in [3.05, 3.63) is 35.9 Å². The Morgan fingerprint density at radius 2 is 1.90 bits per heavy atom. The first-order valence-corrected chi connectivity index (χ1v) is 7.95. The first-order chi connectivity index (χ1) is 10.3. The van der Waals surface area contributed by atoms with E-state index in [1.165, 1.54) is 5.56 Å². The summed E-state index contributed by atoms with van der Waals surface area (Å²) >= 11 is 0. The summed E-state index contributed by atoms with van der Waals surface area (Å²) < 4.78 is 5.51. The van der Waals surface area contributed by atoms with E-state index in [1.807, 2.05) is 4.90 Å². The molecule has 2 fully saturated rings. The molecule has 1 aromatic rings. The molecular weight excluding hydrogens is 264 g/mol. The van der Waals surface area contributed by atoms with E-state index in [-0.39, 0.29) is 12.0 Å². The molecule has 1 amide bonds. The fourth-order valence-electron chi connectivity index (χ4n) is 3.25. The van der Waals surface area contributed by atoms with Gasteiger partial charge in [-0.2, -0.15) is 0 Å². The second kappa shape index (κ2) is 6.58. The van der Waals surface area contributed by atoms with Crippen LogP contribution in [0.15, 0.2) is 30.3 Å². The highest BCUT2D eigenvalue weighted by Crippen LogP contribution is 2.22. The van der Waals surface area contributed by atoms with Crippen LogP contribution in [0.4, 0.5) is 0 Å². The van der Waals surface area contributed by atoms with Crippen LogP contribution in [0.25, 0.3) is 0 Å². The van der Waals surface area contributed by atoms with Crippen LogP contribution in [-0.4, -0.2) is 54.6 Å². The lowest BCUT2D eigenvalue weighted by Crippen LogP contribution is -2.51. The van der Waals surface area contributed by atoms with E-state index < -0.39 is 0 Å². The minimum Gasteiger partial charge on any atom is -0.368 e. The molecule has 0 aliphatic carbocycles. The number of piperazine rings is 1. The Morgan fingerprint density at radius 3 is 2.52 bits per heavy atom. The van der Waals surface area contributed by atoms with Gasteiger partial charge in [-0.15, -0.1) is 0 Å². The topological polar surface area (TPSA) is 32.8 Å². The predicted molar refractivity (Wildman–Crippen MR) is 82.0 cm³/mol. The molecule has 2 atom stereocenters. The van der Waals surface area contributed by atoms with E-state index in [0.29, 0.717) is 6.04 Å². The zero-order valence-electron chi connectivity index (χ0n) is 12.7. The maximum atomic E-state index is 12.3. The maximum Gasteiger partial charge on any atom is 0.251 e. The smallest absolute Gasteiger partial charge is 0.251 e. The summed E-state index contributed by atoms with van der Waals surface area (Å²) in [6.07, 6.45) is 1.73. The number of amides is 1. The maximum absolute atomic E-state index is 12.3. The summed E-state index contributed by atoms with van der Waals surface area (Å²) in [6, 6.07) is 11.0. The van der Waals surface area contributed by atoms with E-state index in [2.05, 4.69) is 42.2 Å². The van der Waals surface area contributed by atoms with Crippen molar-refractivity contribution in [2.24, 2.45) is 0 Å². The Kier molecular flexibility index (Phi) is 4.56. The molecule has 114 valence electrons. The van der Waals surface area contributed by atoms with Gasteiger partial charge in [0.15, 0.2) is 0 Å². The van der Waals surface area contributed by atoms with Gasteiger partial charge in [0.05, 0.1) is 0 Å². The van der Waals surface area contributed by atoms with Gasteiger partial charge in [-0.25, -0.2) is 0 Å². The third-order valence-corrected chi connectivity index (χ3v) is 4.66. The lowest BCUT2D eigenvalue weighted by molar-refractivity contribution is -0.143. The van der Waals surface area contributed by atoms with Gasteiger partial charge in [0.1, 0.15) is 6.10 Å². The SMILES string of the molecule is CC(c1ccccc1)N1CCN(C(=O)C2CCCO2)CC1. The lowest BCUT2D eigenvalue weighted by atomic mass is 10.1. The Bertz CT molecular complexity index is 463. The minimum absolute atomic E-state index is 0.178. The normalized spacial score (nSPS) is 25.0. The van der Waals surface area contributed by atoms with Gasteiger partial charge in [0.25, 0.3) is 5.91 Å². The quantitative estimate of drug-likeness (QED) is 0.853. The van der Waals surface area contributed by atoms with Crippen LogP contribution in [0.5, 0.6) is 0 Å². The van der Waals surface area contributed by atoms with E-state index in [9.17, 15) is 4.79 Å². The first kappa shape index (κ1) is 14.5. The van der Waals surface area contributed by atoms with Crippen LogP contribution in [0.2, 0.25) is 0 Å². The van der Waals surface area contributed by atoms with Crippen molar-refractivity contribution in [2.45, 2.75) is 31.9 Å². The van der Waals surface area contributed by atoms with Crippen molar-refractivity contribution in [2.75, 3.05) is 32.8 Å². The molecule has 4 heteroatoms. The van der Waals surface area contributed by atoms with Gasteiger partial charge in [-0.1, -0.05) is 30.3 Å². The van der Waals surface area contributed by atoms with Gasteiger partial charge in [-0.3, -0.25) is 9.69 Å².